The molecule has 21 heavy (non-hydrogen) atoms. The second-order valence-electron chi connectivity index (χ2n) is 4.96. The van der Waals surface area contributed by atoms with E-state index < -0.39 is 5.97 Å². The van der Waals surface area contributed by atoms with Gasteiger partial charge in [-0.25, -0.2) is 9.59 Å². The fourth-order valence-corrected chi connectivity index (χ4v) is 2.31. The first-order chi connectivity index (χ1) is 10.1. The number of hydrogen-bond donors (Lipinski definition) is 1. The van der Waals surface area contributed by atoms with E-state index in [1.54, 1.807) is 24.0 Å². The van der Waals surface area contributed by atoms with Crippen molar-refractivity contribution < 1.29 is 19.4 Å². The predicted molar refractivity (Wildman–Crippen MR) is 77.3 cm³/mol. The van der Waals surface area contributed by atoms with E-state index in [4.69, 9.17) is 9.84 Å². The number of ether oxygens (including phenoxy) is 1. The zero-order valence-corrected chi connectivity index (χ0v) is 12.1. The van der Waals surface area contributed by atoms with Gasteiger partial charge in [-0.3, -0.25) is 4.90 Å². The average molecular weight is 292 g/mol. The second kappa shape index (κ2) is 7.08. The topological polar surface area (TPSA) is 70.1 Å². The summed E-state index contributed by atoms with van der Waals surface area (Å²) in [7, 11) is 0. The number of carbonyl (C=O) groups excluding carboxylic acids is 1. The lowest BCUT2D eigenvalue weighted by Crippen LogP contribution is -2.48. The average Bonchev–Trinajstić information content (AvgIpc) is 2.49. The summed E-state index contributed by atoms with van der Waals surface area (Å²) in [5.74, 6) is -0.912. The van der Waals surface area contributed by atoms with Crippen LogP contribution in [-0.2, 0) is 11.3 Å². The number of piperazine rings is 1. The first-order valence-corrected chi connectivity index (χ1v) is 7.06. The Labute approximate surface area is 123 Å². The van der Waals surface area contributed by atoms with Gasteiger partial charge < -0.3 is 14.7 Å². The first-order valence-electron chi connectivity index (χ1n) is 7.06. The highest BCUT2D eigenvalue weighted by atomic mass is 16.6. The third-order valence-electron chi connectivity index (χ3n) is 3.51. The summed E-state index contributed by atoms with van der Waals surface area (Å²) in [5, 5.41) is 8.86. The summed E-state index contributed by atoms with van der Waals surface area (Å²) in [4.78, 5) is 26.3. The van der Waals surface area contributed by atoms with Crippen molar-refractivity contribution in [1.29, 1.82) is 0 Å². The molecule has 1 aliphatic heterocycles. The predicted octanol–water partition coefficient (Wildman–Crippen LogP) is 1.66. The maximum absolute atomic E-state index is 11.6. The lowest BCUT2D eigenvalue weighted by molar-refractivity contribution is 0.0696. The normalized spacial score (nSPS) is 15.8. The summed E-state index contributed by atoms with van der Waals surface area (Å²) < 4.78 is 4.98. The maximum atomic E-state index is 11.6. The van der Waals surface area contributed by atoms with Gasteiger partial charge >= 0.3 is 12.1 Å². The molecule has 6 heteroatoms. The van der Waals surface area contributed by atoms with Gasteiger partial charge in [-0.1, -0.05) is 12.1 Å². The molecule has 0 saturated carbocycles. The Kier molecular flexibility index (Phi) is 5.16. The Morgan fingerprint density at radius 3 is 2.29 bits per heavy atom. The number of benzene rings is 1. The van der Waals surface area contributed by atoms with E-state index in [9.17, 15) is 9.59 Å². The van der Waals surface area contributed by atoms with Gasteiger partial charge in [0.05, 0.1) is 12.2 Å². The van der Waals surface area contributed by atoms with Gasteiger partial charge in [0.25, 0.3) is 0 Å². The highest BCUT2D eigenvalue weighted by molar-refractivity contribution is 5.87. The Morgan fingerprint density at radius 2 is 1.76 bits per heavy atom. The highest BCUT2D eigenvalue weighted by Crippen LogP contribution is 2.11. The Bertz CT molecular complexity index is 493. The van der Waals surface area contributed by atoms with E-state index in [0.717, 1.165) is 25.2 Å². The molecule has 114 valence electrons. The van der Waals surface area contributed by atoms with Crippen LogP contribution >= 0.6 is 0 Å². The number of carboxylic acid groups (broad SMARTS) is 1. The van der Waals surface area contributed by atoms with Crippen LogP contribution in [0.15, 0.2) is 24.3 Å². The van der Waals surface area contributed by atoms with Crippen molar-refractivity contribution in [3.8, 4) is 0 Å². The number of hydrogen-bond acceptors (Lipinski definition) is 4. The highest BCUT2D eigenvalue weighted by Gasteiger charge is 2.21. The molecule has 0 radical (unpaired) electrons. The number of rotatable bonds is 4. The minimum atomic E-state index is -0.912. The number of carboxylic acids is 1. The SMILES string of the molecule is CCOC(=O)N1CCN(Cc2ccc(C(=O)O)cc2)CC1. The molecule has 0 aromatic heterocycles. The van der Waals surface area contributed by atoms with E-state index >= 15 is 0 Å². The third kappa shape index (κ3) is 4.19. The molecule has 1 aromatic carbocycles. The van der Waals surface area contributed by atoms with Crippen molar-refractivity contribution in [2.45, 2.75) is 13.5 Å². The molecule has 1 aromatic rings. The quantitative estimate of drug-likeness (QED) is 0.914. The van der Waals surface area contributed by atoms with Crippen LogP contribution in [-0.4, -0.2) is 59.8 Å². The molecular formula is C15H20N2O4. The van der Waals surface area contributed by atoms with E-state index in [2.05, 4.69) is 4.90 Å². The minimum absolute atomic E-state index is 0.247. The molecular weight excluding hydrogens is 272 g/mol. The zero-order valence-electron chi connectivity index (χ0n) is 12.1. The summed E-state index contributed by atoms with van der Waals surface area (Å²) >= 11 is 0. The van der Waals surface area contributed by atoms with Crippen molar-refractivity contribution in [3.63, 3.8) is 0 Å². The number of amides is 1. The molecule has 1 fully saturated rings. The van der Waals surface area contributed by atoms with Crippen molar-refractivity contribution in [3.05, 3.63) is 35.4 Å². The molecule has 0 bridgehead atoms. The number of nitrogens with zero attached hydrogens (tertiary/aromatic N) is 2. The molecule has 6 nitrogen and oxygen atoms in total. The summed E-state index contributed by atoms with van der Waals surface area (Å²) in [6.07, 6.45) is -0.247. The molecule has 0 unspecified atom stereocenters. The molecule has 2 rings (SSSR count). The summed E-state index contributed by atoms with van der Waals surface area (Å²) in [6.45, 7) is 5.86. The van der Waals surface area contributed by atoms with Gasteiger partial charge in [0.2, 0.25) is 0 Å². The smallest absolute Gasteiger partial charge is 0.409 e. The Morgan fingerprint density at radius 1 is 1.14 bits per heavy atom. The second-order valence-corrected chi connectivity index (χ2v) is 4.96. The van der Waals surface area contributed by atoms with Crippen LogP contribution in [0.4, 0.5) is 4.79 Å². The fraction of sp³-hybridized carbons (Fsp3) is 0.467. The van der Waals surface area contributed by atoms with E-state index in [-0.39, 0.29) is 6.09 Å². The van der Waals surface area contributed by atoms with Crippen LogP contribution in [0.2, 0.25) is 0 Å². The lowest BCUT2D eigenvalue weighted by atomic mass is 10.1. The summed E-state index contributed by atoms with van der Waals surface area (Å²) in [6, 6.07) is 6.90. The van der Waals surface area contributed by atoms with Crippen LogP contribution in [0.3, 0.4) is 0 Å². The van der Waals surface area contributed by atoms with Gasteiger partial charge in [-0.2, -0.15) is 0 Å². The van der Waals surface area contributed by atoms with Crippen LogP contribution in [0, 0.1) is 0 Å². The van der Waals surface area contributed by atoms with Crippen LogP contribution < -0.4 is 0 Å². The monoisotopic (exact) mass is 292 g/mol. The van der Waals surface area contributed by atoms with E-state index in [1.807, 2.05) is 12.1 Å². The standard InChI is InChI=1S/C15H20N2O4/c1-2-21-15(20)17-9-7-16(8-10-17)11-12-3-5-13(6-4-12)14(18)19/h3-6H,2,7-11H2,1H3,(H,18,19). The van der Waals surface area contributed by atoms with Gasteiger partial charge in [-0.15, -0.1) is 0 Å². The Balaban J connectivity index is 1.83. The van der Waals surface area contributed by atoms with E-state index in [1.165, 1.54) is 0 Å². The minimum Gasteiger partial charge on any atom is -0.478 e. The molecule has 0 spiro atoms. The van der Waals surface area contributed by atoms with Crippen molar-refractivity contribution in [2.75, 3.05) is 32.8 Å². The van der Waals surface area contributed by atoms with Crippen molar-refractivity contribution >= 4 is 12.1 Å². The first kappa shape index (κ1) is 15.3. The van der Waals surface area contributed by atoms with Gasteiger partial charge in [0, 0.05) is 32.7 Å². The van der Waals surface area contributed by atoms with Crippen LogP contribution in [0.1, 0.15) is 22.8 Å². The third-order valence-corrected chi connectivity index (χ3v) is 3.51. The molecule has 1 N–H and O–H groups in total. The van der Waals surface area contributed by atoms with E-state index in [0.29, 0.717) is 25.3 Å². The van der Waals surface area contributed by atoms with Crippen molar-refractivity contribution in [2.24, 2.45) is 0 Å². The van der Waals surface area contributed by atoms with Gasteiger partial charge in [0.1, 0.15) is 0 Å². The van der Waals surface area contributed by atoms with Crippen molar-refractivity contribution in [1.82, 2.24) is 9.80 Å². The number of carbonyl (C=O) groups is 2. The van der Waals surface area contributed by atoms with Gasteiger partial charge in [-0.05, 0) is 24.6 Å². The van der Waals surface area contributed by atoms with Crippen LogP contribution in [0.5, 0.6) is 0 Å². The maximum Gasteiger partial charge on any atom is 0.409 e. The molecule has 1 amide bonds. The molecule has 0 atom stereocenters. The molecule has 0 aliphatic carbocycles. The molecule has 1 saturated heterocycles. The van der Waals surface area contributed by atoms with Gasteiger partial charge in [0.15, 0.2) is 0 Å². The van der Waals surface area contributed by atoms with Crippen LogP contribution in [0.25, 0.3) is 0 Å². The number of aromatic carboxylic acids is 1. The largest absolute Gasteiger partial charge is 0.478 e. The Hall–Kier alpha value is -2.08. The zero-order chi connectivity index (χ0) is 15.2. The molecule has 1 aliphatic rings. The summed E-state index contributed by atoms with van der Waals surface area (Å²) in [5.41, 5.74) is 1.37. The lowest BCUT2D eigenvalue weighted by Gasteiger charge is -2.34. The molecule has 1 heterocycles. The fourth-order valence-electron chi connectivity index (χ4n) is 2.31.